The van der Waals surface area contributed by atoms with Crippen LogP contribution in [0.15, 0.2) is 16.7 Å². The van der Waals surface area contributed by atoms with Crippen molar-refractivity contribution >= 4 is 15.9 Å². The monoisotopic (exact) mass is 304 g/mol. The Morgan fingerprint density at radius 2 is 2.47 bits per heavy atom. The van der Waals surface area contributed by atoms with Crippen LogP contribution in [0.25, 0.3) is 0 Å². The molecule has 2 heterocycles. The molecule has 0 bridgehead atoms. The van der Waals surface area contributed by atoms with Crippen LogP contribution in [0, 0.1) is 5.95 Å². The topological polar surface area (TPSA) is 45.6 Å². The van der Waals surface area contributed by atoms with Crippen molar-refractivity contribution in [2.75, 3.05) is 26.4 Å². The molecule has 1 unspecified atom stereocenters. The number of halogens is 2. The van der Waals surface area contributed by atoms with Crippen molar-refractivity contribution in [2.45, 2.75) is 12.6 Å². The second-order valence-corrected chi connectivity index (χ2v) is 4.90. The van der Waals surface area contributed by atoms with Gasteiger partial charge in [-0.15, -0.1) is 0 Å². The zero-order valence-corrected chi connectivity index (χ0v) is 10.9. The van der Waals surface area contributed by atoms with E-state index in [0.29, 0.717) is 31.9 Å². The van der Waals surface area contributed by atoms with E-state index >= 15 is 0 Å². The molecule has 1 aliphatic heterocycles. The van der Waals surface area contributed by atoms with Gasteiger partial charge in [-0.05, 0) is 22.0 Å². The predicted octanol–water partition coefficient (Wildman–Crippen LogP) is 1.18. The van der Waals surface area contributed by atoms with Crippen molar-refractivity contribution < 1.29 is 14.2 Å². The number of rotatable bonds is 3. The van der Waals surface area contributed by atoms with E-state index < -0.39 is 5.95 Å². The first-order valence-corrected chi connectivity index (χ1v) is 6.22. The largest absolute Gasteiger partial charge is 0.395 e. The molecule has 0 aliphatic carbocycles. The Labute approximate surface area is 108 Å². The van der Waals surface area contributed by atoms with E-state index in [1.54, 1.807) is 6.07 Å². The molecule has 94 valence electrons. The van der Waals surface area contributed by atoms with Crippen LogP contribution < -0.4 is 0 Å². The molecule has 0 amide bonds. The summed E-state index contributed by atoms with van der Waals surface area (Å²) in [5, 5.41) is 9.22. The van der Waals surface area contributed by atoms with Gasteiger partial charge in [-0.25, -0.2) is 4.98 Å². The van der Waals surface area contributed by atoms with Gasteiger partial charge in [0, 0.05) is 29.3 Å². The summed E-state index contributed by atoms with van der Waals surface area (Å²) in [7, 11) is 0. The minimum absolute atomic E-state index is 0.0169. The Balaban J connectivity index is 2.10. The fraction of sp³-hybridized carbons (Fsp3) is 0.545. The van der Waals surface area contributed by atoms with Crippen LogP contribution in [0.1, 0.15) is 5.56 Å². The first-order valence-electron chi connectivity index (χ1n) is 5.43. The quantitative estimate of drug-likeness (QED) is 0.852. The summed E-state index contributed by atoms with van der Waals surface area (Å²) >= 11 is 3.27. The van der Waals surface area contributed by atoms with Crippen LogP contribution in [-0.4, -0.2) is 47.4 Å². The van der Waals surface area contributed by atoms with Crippen molar-refractivity contribution in [3.05, 3.63) is 28.2 Å². The molecule has 1 aromatic heterocycles. The third kappa shape index (κ3) is 3.22. The summed E-state index contributed by atoms with van der Waals surface area (Å²) in [5.74, 6) is -0.462. The van der Waals surface area contributed by atoms with E-state index in [0.717, 1.165) is 4.47 Å². The number of nitrogens with zero attached hydrogens (tertiary/aromatic N) is 2. The molecular weight excluding hydrogens is 291 g/mol. The lowest BCUT2D eigenvalue weighted by atomic mass is 10.2. The maximum atomic E-state index is 13.5. The normalized spacial score (nSPS) is 21.7. The minimum atomic E-state index is -0.462. The number of ether oxygens (including phenoxy) is 1. The molecule has 0 spiro atoms. The number of morpholine rings is 1. The fourth-order valence-corrected chi connectivity index (χ4v) is 2.24. The Bertz CT molecular complexity index is 392. The summed E-state index contributed by atoms with van der Waals surface area (Å²) in [4.78, 5) is 5.67. The highest BCUT2D eigenvalue weighted by Gasteiger charge is 2.23. The molecule has 1 atom stereocenters. The van der Waals surface area contributed by atoms with Gasteiger partial charge >= 0.3 is 0 Å². The van der Waals surface area contributed by atoms with Crippen molar-refractivity contribution in [3.8, 4) is 0 Å². The second-order valence-electron chi connectivity index (χ2n) is 3.99. The zero-order chi connectivity index (χ0) is 12.3. The molecule has 1 saturated heterocycles. The van der Waals surface area contributed by atoms with Gasteiger partial charge in [0.25, 0.3) is 0 Å². The minimum Gasteiger partial charge on any atom is -0.395 e. The van der Waals surface area contributed by atoms with Gasteiger partial charge in [-0.3, -0.25) is 4.90 Å². The number of hydrogen-bond donors (Lipinski definition) is 1. The van der Waals surface area contributed by atoms with Gasteiger partial charge in [0.2, 0.25) is 5.95 Å². The smallest absolute Gasteiger partial charge is 0.217 e. The molecule has 1 fully saturated rings. The lowest BCUT2D eigenvalue weighted by Gasteiger charge is -2.34. The van der Waals surface area contributed by atoms with Crippen LogP contribution in [-0.2, 0) is 11.3 Å². The zero-order valence-electron chi connectivity index (χ0n) is 9.27. The van der Waals surface area contributed by atoms with Gasteiger partial charge in [-0.2, -0.15) is 4.39 Å². The Kier molecular flexibility index (Phi) is 4.44. The van der Waals surface area contributed by atoms with Crippen LogP contribution in [0.5, 0.6) is 0 Å². The van der Waals surface area contributed by atoms with Crippen LogP contribution in [0.4, 0.5) is 4.39 Å². The van der Waals surface area contributed by atoms with Gasteiger partial charge < -0.3 is 9.84 Å². The highest BCUT2D eigenvalue weighted by atomic mass is 79.9. The van der Waals surface area contributed by atoms with Crippen LogP contribution in [0.3, 0.4) is 0 Å². The molecule has 2 rings (SSSR count). The van der Waals surface area contributed by atoms with E-state index in [9.17, 15) is 9.50 Å². The third-order valence-electron chi connectivity index (χ3n) is 2.81. The molecule has 17 heavy (non-hydrogen) atoms. The molecule has 0 saturated carbocycles. The summed E-state index contributed by atoms with van der Waals surface area (Å²) in [6.07, 6.45) is 1.43. The summed E-state index contributed by atoms with van der Waals surface area (Å²) in [6, 6.07) is 1.65. The number of pyridine rings is 1. The lowest BCUT2D eigenvalue weighted by molar-refractivity contribution is -0.0317. The fourth-order valence-electron chi connectivity index (χ4n) is 1.86. The molecule has 4 nitrogen and oxygen atoms in total. The molecular formula is C11H14BrFN2O2. The first kappa shape index (κ1) is 12.9. The van der Waals surface area contributed by atoms with Crippen LogP contribution >= 0.6 is 15.9 Å². The molecule has 0 aromatic carbocycles. The Hall–Kier alpha value is -0.560. The average molecular weight is 305 g/mol. The average Bonchev–Trinajstić information content (AvgIpc) is 2.34. The standard InChI is InChI=1S/C11H14BrFN2O2/c12-9-3-8(11(13)14-4-9)5-15-1-2-17-7-10(15)6-16/h3-4,10,16H,1-2,5-7H2. The van der Waals surface area contributed by atoms with E-state index in [1.807, 2.05) is 4.90 Å². The lowest BCUT2D eigenvalue weighted by Crippen LogP contribution is -2.47. The van der Waals surface area contributed by atoms with Gasteiger partial charge in [0.15, 0.2) is 0 Å². The van der Waals surface area contributed by atoms with E-state index in [4.69, 9.17) is 4.74 Å². The van der Waals surface area contributed by atoms with Crippen LogP contribution in [0.2, 0.25) is 0 Å². The Morgan fingerprint density at radius 3 is 3.24 bits per heavy atom. The summed E-state index contributed by atoms with van der Waals surface area (Å²) in [5.41, 5.74) is 0.528. The number of aliphatic hydroxyl groups is 1. The van der Waals surface area contributed by atoms with E-state index in [-0.39, 0.29) is 12.6 Å². The number of hydrogen-bond acceptors (Lipinski definition) is 4. The molecule has 1 aliphatic rings. The third-order valence-corrected chi connectivity index (χ3v) is 3.25. The molecule has 1 N–H and O–H groups in total. The van der Waals surface area contributed by atoms with Crippen molar-refractivity contribution in [3.63, 3.8) is 0 Å². The first-order chi connectivity index (χ1) is 8.20. The highest BCUT2D eigenvalue weighted by Crippen LogP contribution is 2.17. The highest BCUT2D eigenvalue weighted by molar-refractivity contribution is 9.10. The van der Waals surface area contributed by atoms with Crippen molar-refractivity contribution in [1.29, 1.82) is 0 Å². The predicted molar refractivity (Wildman–Crippen MR) is 64.0 cm³/mol. The van der Waals surface area contributed by atoms with Crippen molar-refractivity contribution in [2.24, 2.45) is 0 Å². The number of aliphatic hydroxyl groups excluding tert-OH is 1. The van der Waals surface area contributed by atoms with E-state index in [1.165, 1.54) is 6.20 Å². The van der Waals surface area contributed by atoms with Gasteiger partial charge in [0.05, 0.1) is 25.9 Å². The maximum Gasteiger partial charge on any atom is 0.217 e. The van der Waals surface area contributed by atoms with Gasteiger partial charge in [-0.1, -0.05) is 0 Å². The van der Waals surface area contributed by atoms with Gasteiger partial charge in [0.1, 0.15) is 0 Å². The SMILES string of the molecule is OCC1COCCN1Cc1cc(Br)cnc1F. The molecule has 1 aromatic rings. The van der Waals surface area contributed by atoms with E-state index in [2.05, 4.69) is 20.9 Å². The summed E-state index contributed by atoms with van der Waals surface area (Å²) in [6.45, 7) is 2.24. The Morgan fingerprint density at radius 1 is 1.65 bits per heavy atom. The summed E-state index contributed by atoms with van der Waals surface area (Å²) < 4.78 is 19.5. The second kappa shape index (κ2) is 5.86. The molecule has 6 heteroatoms. The maximum absolute atomic E-state index is 13.5. The van der Waals surface area contributed by atoms with Crippen molar-refractivity contribution in [1.82, 2.24) is 9.88 Å². The molecule has 0 radical (unpaired) electrons. The number of aromatic nitrogens is 1.